The van der Waals surface area contributed by atoms with Crippen molar-refractivity contribution in [3.63, 3.8) is 0 Å². The van der Waals surface area contributed by atoms with E-state index in [1.807, 2.05) is 4.57 Å². The van der Waals surface area contributed by atoms with E-state index in [2.05, 4.69) is 13.8 Å². The second-order valence-electron chi connectivity index (χ2n) is 3.84. The van der Waals surface area contributed by atoms with Crippen LogP contribution in [0, 0.1) is 0 Å². The van der Waals surface area contributed by atoms with Crippen molar-refractivity contribution in [3.8, 4) is 0 Å². The monoisotopic (exact) mass is 224 g/mol. The summed E-state index contributed by atoms with van der Waals surface area (Å²) in [6, 6.07) is 1.67. The zero-order chi connectivity index (χ0) is 12.0. The van der Waals surface area contributed by atoms with Crippen LogP contribution in [0.25, 0.3) is 0 Å². The predicted molar refractivity (Wildman–Crippen MR) is 64.3 cm³/mol. The molecule has 90 valence electrons. The van der Waals surface area contributed by atoms with E-state index in [0.717, 1.165) is 25.8 Å². The lowest BCUT2D eigenvalue weighted by atomic mass is 10.3. The molecule has 0 saturated heterocycles. The Hall–Kier alpha value is -1.45. The summed E-state index contributed by atoms with van der Waals surface area (Å²) in [5, 5.41) is 0. The first-order chi connectivity index (χ1) is 7.69. The number of unbranched alkanes of at least 4 members (excludes halogenated alkanes) is 1. The number of aromatic nitrogens is 1. The molecule has 4 heteroatoms. The van der Waals surface area contributed by atoms with Crippen molar-refractivity contribution >= 4 is 11.7 Å². The van der Waals surface area contributed by atoms with E-state index in [9.17, 15) is 4.79 Å². The molecule has 1 heterocycles. The number of carbonyl (C=O) groups is 1. The molecular formula is C12H20N2O2. The minimum absolute atomic E-state index is 0.279. The lowest BCUT2D eigenvalue weighted by molar-refractivity contribution is 0.0487. The molecule has 0 aromatic carbocycles. The van der Waals surface area contributed by atoms with Crippen LogP contribution in [0.1, 0.15) is 43.6 Å². The highest BCUT2D eigenvalue weighted by molar-refractivity contribution is 5.89. The molecule has 0 aliphatic carbocycles. The number of hydrogen-bond acceptors (Lipinski definition) is 3. The molecule has 1 aromatic rings. The number of aryl methyl sites for hydroxylation is 1. The Balaban J connectivity index is 2.66. The molecule has 0 atom stereocenters. The van der Waals surface area contributed by atoms with Crippen LogP contribution in [0.5, 0.6) is 0 Å². The van der Waals surface area contributed by atoms with Crippen LogP contribution >= 0.6 is 0 Å². The van der Waals surface area contributed by atoms with Gasteiger partial charge in [0.05, 0.1) is 12.3 Å². The largest absolute Gasteiger partial charge is 0.461 e. The predicted octanol–water partition coefficient (Wildman–Crippen LogP) is 2.44. The van der Waals surface area contributed by atoms with E-state index < -0.39 is 0 Å². The summed E-state index contributed by atoms with van der Waals surface area (Å²) >= 11 is 0. The third-order valence-electron chi connectivity index (χ3n) is 2.32. The number of carbonyl (C=O) groups excluding carboxylic acids is 1. The standard InChI is InChI=1S/C12H20N2O2/c1-3-5-7-16-12(15)11-8-10(13)9-14(11)6-4-2/h8-9H,3-7,13H2,1-2H3. The minimum atomic E-state index is -0.279. The van der Waals surface area contributed by atoms with Gasteiger partial charge in [-0.05, 0) is 18.9 Å². The Morgan fingerprint density at radius 3 is 2.81 bits per heavy atom. The Morgan fingerprint density at radius 1 is 1.44 bits per heavy atom. The number of nitrogens with two attached hydrogens (primary N) is 1. The maximum Gasteiger partial charge on any atom is 0.355 e. The first-order valence-corrected chi connectivity index (χ1v) is 5.81. The fraction of sp³-hybridized carbons (Fsp3) is 0.583. The van der Waals surface area contributed by atoms with Gasteiger partial charge in [-0.2, -0.15) is 0 Å². The van der Waals surface area contributed by atoms with Gasteiger partial charge in [0.2, 0.25) is 0 Å². The first-order valence-electron chi connectivity index (χ1n) is 5.81. The van der Waals surface area contributed by atoms with Gasteiger partial charge in [-0.1, -0.05) is 20.3 Å². The highest BCUT2D eigenvalue weighted by Gasteiger charge is 2.13. The number of anilines is 1. The van der Waals surface area contributed by atoms with Gasteiger partial charge in [0.25, 0.3) is 0 Å². The molecule has 1 aromatic heterocycles. The van der Waals surface area contributed by atoms with E-state index in [-0.39, 0.29) is 5.97 Å². The van der Waals surface area contributed by atoms with Gasteiger partial charge in [0.1, 0.15) is 5.69 Å². The van der Waals surface area contributed by atoms with Gasteiger partial charge < -0.3 is 15.0 Å². The number of nitrogens with zero attached hydrogens (tertiary/aromatic N) is 1. The quantitative estimate of drug-likeness (QED) is 0.596. The van der Waals surface area contributed by atoms with E-state index in [1.54, 1.807) is 12.3 Å². The van der Waals surface area contributed by atoms with E-state index in [4.69, 9.17) is 10.5 Å². The molecule has 0 spiro atoms. The number of rotatable bonds is 6. The molecule has 0 bridgehead atoms. The summed E-state index contributed by atoms with van der Waals surface area (Å²) in [4.78, 5) is 11.7. The number of nitrogen functional groups attached to an aromatic ring is 1. The molecule has 0 unspecified atom stereocenters. The molecular weight excluding hydrogens is 204 g/mol. The third kappa shape index (κ3) is 3.29. The average Bonchev–Trinajstić information content (AvgIpc) is 2.60. The first kappa shape index (κ1) is 12.6. The van der Waals surface area contributed by atoms with Crippen molar-refractivity contribution in [2.24, 2.45) is 0 Å². The van der Waals surface area contributed by atoms with Crippen LogP contribution in [0.15, 0.2) is 12.3 Å². The van der Waals surface area contributed by atoms with Crippen molar-refractivity contribution in [1.82, 2.24) is 4.57 Å². The summed E-state index contributed by atoms with van der Waals surface area (Å²) in [7, 11) is 0. The van der Waals surface area contributed by atoms with Gasteiger partial charge in [-0.3, -0.25) is 0 Å². The van der Waals surface area contributed by atoms with Crippen LogP contribution in [-0.2, 0) is 11.3 Å². The molecule has 16 heavy (non-hydrogen) atoms. The van der Waals surface area contributed by atoms with Gasteiger partial charge in [-0.15, -0.1) is 0 Å². The normalized spacial score (nSPS) is 10.4. The molecule has 0 aliphatic heterocycles. The van der Waals surface area contributed by atoms with Crippen molar-refractivity contribution in [2.75, 3.05) is 12.3 Å². The van der Waals surface area contributed by atoms with Crippen molar-refractivity contribution in [3.05, 3.63) is 18.0 Å². The molecule has 2 N–H and O–H groups in total. The zero-order valence-corrected chi connectivity index (χ0v) is 10.0. The van der Waals surface area contributed by atoms with Gasteiger partial charge in [-0.25, -0.2) is 4.79 Å². The summed E-state index contributed by atoms with van der Waals surface area (Å²) in [6.45, 7) is 5.38. The fourth-order valence-corrected chi connectivity index (χ4v) is 1.51. The number of hydrogen-bond donors (Lipinski definition) is 1. The maximum atomic E-state index is 11.7. The SMILES string of the molecule is CCCCOC(=O)c1cc(N)cn1CCC. The smallest absolute Gasteiger partial charge is 0.355 e. The summed E-state index contributed by atoms with van der Waals surface area (Å²) in [6.07, 6.45) is 4.66. The maximum absolute atomic E-state index is 11.7. The van der Waals surface area contributed by atoms with Crippen LogP contribution in [0.2, 0.25) is 0 Å². The summed E-state index contributed by atoms with van der Waals surface area (Å²) < 4.78 is 7.00. The second kappa shape index (κ2) is 6.20. The van der Waals surface area contributed by atoms with E-state index >= 15 is 0 Å². The van der Waals surface area contributed by atoms with E-state index in [1.165, 1.54) is 0 Å². The Kier molecular flexibility index (Phi) is 4.89. The Labute approximate surface area is 96.4 Å². The lowest BCUT2D eigenvalue weighted by Crippen LogP contribution is -2.12. The fourth-order valence-electron chi connectivity index (χ4n) is 1.51. The summed E-state index contributed by atoms with van der Waals surface area (Å²) in [5.74, 6) is -0.279. The van der Waals surface area contributed by atoms with Crippen LogP contribution < -0.4 is 5.73 Å². The molecule has 0 radical (unpaired) electrons. The van der Waals surface area contributed by atoms with E-state index in [0.29, 0.717) is 18.0 Å². The Morgan fingerprint density at radius 2 is 2.19 bits per heavy atom. The zero-order valence-electron chi connectivity index (χ0n) is 10.0. The lowest BCUT2D eigenvalue weighted by Gasteiger charge is -2.07. The van der Waals surface area contributed by atoms with Gasteiger partial charge >= 0.3 is 5.97 Å². The molecule has 0 aliphatic rings. The average molecular weight is 224 g/mol. The Bertz CT molecular complexity index is 345. The van der Waals surface area contributed by atoms with Gasteiger partial charge in [0.15, 0.2) is 0 Å². The molecule has 1 rings (SSSR count). The molecule has 0 amide bonds. The van der Waals surface area contributed by atoms with Gasteiger partial charge in [0, 0.05) is 12.7 Å². The minimum Gasteiger partial charge on any atom is -0.461 e. The highest BCUT2D eigenvalue weighted by atomic mass is 16.5. The summed E-state index contributed by atoms with van der Waals surface area (Å²) in [5.41, 5.74) is 6.83. The molecule has 4 nitrogen and oxygen atoms in total. The van der Waals surface area contributed by atoms with Crippen molar-refractivity contribution in [1.29, 1.82) is 0 Å². The second-order valence-corrected chi connectivity index (χ2v) is 3.84. The molecule has 0 fully saturated rings. The van der Waals surface area contributed by atoms with Crippen LogP contribution in [0.4, 0.5) is 5.69 Å². The molecule has 0 saturated carbocycles. The third-order valence-corrected chi connectivity index (χ3v) is 2.32. The number of ether oxygens (including phenoxy) is 1. The van der Waals surface area contributed by atoms with Crippen molar-refractivity contribution < 1.29 is 9.53 Å². The number of esters is 1. The van der Waals surface area contributed by atoms with Crippen LogP contribution in [-0.4, -0.2) is 17.1 Å². The van der Waals surface area contributed by atoms with Crippen LogP contribution in [0.3, 0.4) is 0 Å². The topological polar surface area (TPSA) is 57.2 Å². The highest BCUT2D eigenvalue weighted by Crippen LogP contribution is 2.12. The van der Waals surface area contributed by atoms with Crippen molar-refractivity contribution in [2.45, 2.75) is 39.7 Å².